The summed E-state index contributed by atoms with van der Waals surface area (Å²) >= 11 is 0. The number of rotatable bonds is 6. The highest BCUT2D eigenvalue weighted by Crippen LogP contribution is 2.31. The van der Waals surface area contributed by atoms with E-state index in [0.29, 0.717) is 30.2 Å². The van der Waals surface area contributed by atoms with Gasteiger partial charge in [-0.2, -0.15) is 9.40 Å². The van der Waals surface area contributed by atoms with Crippen LogP contribution >= 0.6 is 0 Å². The van der Waals surface area contributed by atoms with Crippen molar-refractivity contribution in [3.63, 3.8) is 0 Å². The lowest BCUT2D eigenvalue weighted by atomic mass is 9.95. The lowest BCUT2D eigenvalue weighted by Gasteiger charge is -2.31. The smallest absolute Gasteiger partial charge is 0.246 e. The molecule has 2 aromatic heterocycles. The Morgan fingerprint density at radius 2 is 2.00 bits per heavy atom. The number of ether oxygens (including phenoxy) is 1. The van der Waals surface area contributed by atoms with Crippen LogP contribution in [0.1, 0.15) is 37.1 Å². The summed E-state index contributed by atoms with van der Waals surface area (Å²) < 4.78 is 35.3. The molecule has 0 saturated carbocycles. The Balaban J connectivity index is 1.59. The average Bonchev–Trinajstić information content (AvgIpc) is 3.20. The van der Waals surface area contributed by atoms with Crippen LogP contribution in [0.5, 0.6) is 5.75 Å². The van der Waals surface area contributed by atoms with Crippen LogP contribution in [0, 0.1) is 6.92 Å². The fourth-order valence-electron chi connectivity index (χ4n) is 4.16. The van der Waals surface area contributed by atoms with Gasteiger partial charge in [-0.3, -0.25) is 9.67 Å². The molecule has 3 aromatic rings. The molecule has 1 unspecified atom stereocenters. The molecule has 0 aliphatic carbocycles. The first-order valence-corrected chi connectivity index (χ1v) is 12.0. The largest absolute Gasteiger partial charge is 0.497 e. The van der Waals surface area contributed by atoms with E-state index in [2.05, 4.69) is 5.10 Å². The summed E-state index contributed by atoms with van der Waals surface area (Å²) in [6.45, 7) is 5.35. The molecule has 1 aromatic carbocycles. The highest BCUT2D eigenvalue weighted by atomic mass is 32.2. The van der Waals surface area contributed by atoms with Gasteiger partial charge in [-0.25, -0.2) is 8.42 Å². The third kappa shape index (κ3) is 4.22. The lowest BCUT2D eigenvalue weighted by molar-refractivity contribution is 0.312. The predicted molar refractivity (Wildman–Crippen MR) is 120 cm³/mol. The summed E-state index contributed by atoms with van der Waals surface area (Å²) in [5, 5.41) is 4.22. The summed E-state index contributed by atoms with van der Waals surface area (Å²) in [5.41, 5.74) is 3.43. The van der Waals surface area contributed by atoms with E-state index >= 15 is 0 Å². The molecule has 3 heterocycles. The third-order valence-electron chi connectivity index (χ3n) is 5.91. The minimum atomic E-state index is -3.59. The quantitative estimate of drug-likeness (QED) is 0.582. The maximum absolute atomic E-state index is 13.3. The van der Waals surface area contributed by atoms with E-state index in [9.17, 15) is 8.42 Å². The zero-order valence-electron chi connectivity index (χ0n) is 18.2. The van der Waals surface area contributed by atoms with Crippen molar-refractivity contribution in [2.45, 2.75) is 44.0 Å². The number of methoxy groups -OCH3 is 1. The van der Waals surface area contributed by atoms with Gasteiger partial charge in [0.05, 0.1) is 24.7 Å². The summed E-state index contributed by atoms with van der Waals surface area (Å²) in [6.07, 6.45) is 3.18. The van der Waals surface area contributed by atoms with Crippen molar-refractivity contribution in [2.24, 2.45) is 0 Å². The molecule has 4 rings (SSSR count). The van der Waals surface area contributed by atoms with Gasteiger partial charge in [0, 0.05) is 36.8 Å². The summed E-state index contributed by atoms with van der Waals surface area (Å²) in [4.78, 5) is 5.17. The number of aromatic nitrogens is 3. The van der Waals surface area contributed by atoms with Gasteiger partial charge in [0.2, 0.25) is 10.0 Å². The second kappa shape index (κ2) is 8.80. The van der Waals surface area contributed by atoms with Crippen molar-refractivity contribution in [1.29, 1.82) is 0 Å². The minimum Gasteiger partial charge on any atom is -0.497 e. The van der Waals surface area contributed by atoms with Crippen molar-refractivity contribution in [2.75, 3.05) is 20.2 Å². The van der Waals surface area contributed by atoms with Crippen LogP contribution in [0.15, 0.2) is 53.6 Å². The summed E-state index contributed by atoms with van der Waals surface area (Å²) in [7, 11) is -1.94. The van der Waals surface area contributed by atoms with Crippen molar-refractivity contribution >= 4 is 10.0 Å². The molecule has 164 valence electrons. The van der Waals surface area contributed by atoms with E-state index in [1.165, 1.54) is 6.20 Å². The first-order chi connectivity index (χ1) is 14.9. The molecule has 0 radical (unpaired) electrons. The number of piperidine rings is 1. The van der Waals surface area contributed by atoms with Gasteiger partial charge in [-0.15, -0.1) is 0 Å². The predicted octanol–water partition coefficient (Wildman–Crippen LogP) is 3.85. The van der Waals surface area contributed by atoms with E-state index in [1.54, 1.807) is 16.1 Å². The first kappa shape index (κ1) is 21.5. The zero-order valence-corrected chi connectivity index (χ0v) is 19.0. The van der Waals surface area contributed by atoms with Gasteiger partial charge in [0.15, 0.2) is 0 Å². The van der Waals surface area contributed by atoms with Crippen LogP contribution in [0.2, 0.25) is 0 Å². The van der Waals surface area contributed by atoms with Crippen LogP contribution < -0.4 is 4.74 Å². The topological polar surface area (TPSA) is 77.3 Å². The molecular formula is C23H28N4O3S. The van der Waals surface area contributed by atoms with Crippen LogP contribution in [0.25, 0.3) is 11.3 Å². The SMILES string of the molecule is CCn1ncc(S(=O)(=O)N2CCCC(c3cccc(-c4cccc(OC)c4)n3)C2)c1C. The second-order valence-electron chi connectivity index (χ2n) is 7.79. The Morgan fingerprint density at radius 1 is 1.19 bits per heavy atom. The van der Waals surface area contributed by atoms with Gasteiger partial charge >= 0.3 is 0 Å². The maximum Gasteiger partial charge on any atom is 0.246 e. The van der Waals surface area contributed by atoms with Crippen LogP contribution in [-0.4, -0.2) is 47.7 Å². The Hall–Kier alpha value is -2.71. The number of hydrogen-bond donors (Lipinski definition) is 0. The number of benzene rings is 1. The van der Waals surface area contributed by atoms with Gasteiger partial charge in [0.25, 0.3) is 0 Å². The monoisotopic (exact) mass is 440 g/mol. The fraction of sp³-hybridized carbons (Fsp3) is 0.391. The van der Waals surface area contributed by atoms with Crippen LogP contribution in [0.4, 0.5) is 0 Å². The Kier molecular flexibility index (Phi) is 6.11. The Labute approximate surface area is 183 Å². The van der Waals surface area contributed by atoms with Gasteiger partial charge in [-0.05, 0) is 51.0 Å². The molecule has 1 fully saturated rings. The summed E-state index contributed by atoms with van der Waals surface area (Å²) in [5.74, 6) is 0.832. The average molecular weight is 441 g/mol. The number of aryl methyl sites for hydroxylation is 1. The van der Waals surface area contributed by atoms with Crippen LogP contribution in [-0.2, 0) is 16.6 Å². The molecule has 1 aliphatic heterocycles. The minimum absolute atomic E-state index is 0.0515. The molecule has 1 atom stereocenters. The van der Waals surface area contributed by atoms with Gasteiger partial charge in [0.1, 0.15) is 10.6 Å². The van der Waals surface area contributed by atoms with Crippen molar-refractivity contribution < 1.29 is 13.2 Å². The molecule has 1 aliphatic rings. The van der Waals surface area contributed by atoms with E-state index < -0.39 is 10.0 Å². The van der Waals surface area contributed by atoms with E-state index in [1.807, 2.05) is 56.3 Å². The van der Waals surface area contributed by atoms with Gasteiger partial charge in [-0.1, -0.05) is 18.2 Å². The highest BCUT2D eigenvalue weighted by Gasteiger charge is 2.33. The maximum atomic E-state index is 13.3. The highest BCUT2D eigenvalue weighted by molar-refractivity contribution is 7.89. The fourth-order valence-corrected chi connectivity index (χ4v) is 5.85. The molecule has 7 nitrogen and oxygen atoms in total. The van der Waals surface area contributed by atoms with E-state index in [-0.39, 0.29) is 5.92 Å². The molecule has 0 spiro atoms. The van der Waals surface area contributed by atoms with Gasteiger partial charge < -0.3 is 4.74 Å². The third-order valence-corrected chi connectivity index (χ3v) is 7.88. The normalized spacial score (nSPS) is 17.6. The number of sulfonamides is 1. The standard InChI is InChI=1S/C23H28N4O3S/c1-4-27-17(2)23(15-24-27)31(28,29)26-13-7-9-19(16-26)22-12-6-11-21(25-22)18-8-5-10-20(14-18)30-3/h5-6,8,10-12,14-15,19H,4,7,9,13,16H2,1-3H3. The molecule has 0 bridgehead atoms. The first-order valence-electron chi connectivity index (χ1n) is 10.6. The molecule has 1 saturated heterocycles. The molecule has 8 heteroatoms. The molecule has 0 N–H and O–H groups in total. The number of hydrogen-bond acceptors (Lipinski definition) is 5. The number of pyridine rings is 1. The van der Waals surface area contributed by atoms with Crippen molar-refractivity contribution in [3.05, 3.63) is 60.0 Å². The molecule has 0 amide bonds. The molecule has 31 heavy (non-hydrogen) atoms. The lowest BCUT2D eigenvalue weighted by Crippen LogP contribution is -2.39. The Morgan fingerprint density at radius 3 is 2.74 bits per heavy atom. The zero-order chi connectivity index (χ0) is 22.0. The molecular weight excluding hydrogens is 412 g/mol. The number of nitrogens with zero attached hydrogens (tertiary/aromatic N) is 4. The second-order valence-corrected chi connectivity index (χ2v) is 9.70. The van der Waals surface area contributed by atoms with E-state index in [0.717, 1.165) is 35.5 Å². The van der Waals surface area contributed by atoms with Crippen molar-refractivity contribution in [3.8, 4) is 17.0 Å². The van der Waals surface area contributed by atoms with Crippen LogP contribution in [0.3, 0.4) is 0 Å². The van der Waals surface area contributed by atoms with E-state index in [4.69, 9.17) is 9.72 Å². The van der Waals surface area contributed by atoms with Crippen molar-refractivity contribution in [1.82, 2.24) is 19.1 Å². The Bertz CT molecular complexity index is 1170. The summed E-state index contributed by atoms with van der Waals surface area (Å²) in [6, 6.07) is 13.7.